The molecule has 4 heterocycles. The molecule has 318 valence electrons. The molecular formula is C35H43F2N4O16P. The number of rotatable bonds is 14. The summed E-state index contributed by atoms with van der Waals surface area (Å²) in [4.78, 5) is 61.5. The van der Waals surface area contributed by atoms with E-state index in [0.717, 1.165) is 41.6 Å². The van der Waals surface area contributed by atoms with Crippen LogP contribution in [-0.4, -0.2) is 124 Å². The van der Waals surface area contributed by atoms with E-state index in [9.17, 15) is 53.4 Å². The van der Waals surface area contributed by atoms with Gasteiger partial charge in [0.05, 0.1) is 12.5 Å². The van der Waals surface area contributed by atoms with Gasteiger partial charge in [0, 0.05) is 18.5 Å². The van der Waals surface area contributed by atoms with E-state index in [1.54, 1.807) is 32.0 Å². The van der Waals surface area contributed by atoms with Crippen molar-refractivity contribution >= 4 is 25.4 Å². The Bertz CT molecular complexity index is 2070. The van der Waals surface area contributed by atoms with Crippen LogP contribution >= 0.6 is 7.75 Å². The van der Waals surface area contributed by atoms with Crippen molar-refractivity contribution in [1.29, 1.82) is 0 Å². The first-order valence-electron chi connectivity index (χ1n) is 17.2. The molecule has 2 aromatic rings. The van der Waals surface area contributed by atoms with Gasteiger partial charge in [-0.2, -0.15) is 5.09 Å². The number of benzene rings is 1. The highest BCUT2D eigenvalue weighted by Gasteiger charge is 2.66. The topological polar surface area (TPSA) is 286 Å². The fourth-order valence-corrected chi connectivity index (χ4v) is 7.25. The number of aliphatic hydroxyl groups excluding tert-OH is 3. The van der Waals surface area contributed by atoms with Gasteiger partial charge in [-0.1, -0.05) is 43.5 Å². The summed E-state index contributed by atoms with van der Waals surface area (Å²) in [5.74, 6) is -8.15. The van der Waals surface area contributed by atoms with Gasteiger partial charge in [-0.05, 0) is 39.0 Å². The molecule has 5 rings (SSSR count). The van der Waals surface area contributed by atoms with Crippen molar-refractivity contribution < 1.29 is 76.5 Å². The Morgan fingerprint density at radius 1 is 1.02 bits per heavy atom. The molecule has 2 fully saturated rings. The number of halogens is 2. The molecule has 0 bridgehead atoms. The van der Waals surface area contributed by atoms with Crippen molar-refractivity contribution in [2.75, 3.05) is 13.2 Å². The molecule has 58 heavy (non-hydrogen) atoms. The van der Waals surface area contributed by atoms with E-state index in [0.29, 0.717) is 4.57 Å². The first kappa shape index (κ1) is 46.0. The fraction of sp³-hybridized carbons (Fsp3) is 0.457. The highest BCUT2D eigenvalue weighted by atomic mass is 31.2. The zero-order chi connectivity index (χ0) is 43.4. The monoisotopic (exact) mass is 844 g/mol. The number of amides is 1. The summed E-state index contributed by atoms with van der Waals surface area (Å²) in [6.07, 6.45) is -4.43. The Balaban J connectivity index is 0.000000311. The largest absolute Gasteiger partial charge is 0.462 e. The quantitative estimate of drug-likeness (QED) is 0.0558. The number of carbonyl (C=O) groups excluding carboxylic acids is 3. The summed E-state index contributed by atoms with van der Waals surface area (Å²) in [7, 11) is -4.58. The van der Waals surface area contributed by atoms with Gasteiger partial charge >= 0.3 is 19.4 Å². The summed E-state index contributed by atoms with van der Waals surface area (Å²) >= 11 is 0. The van der Waals surface area contributed by atoms with Crippen LogP contribution < -0.4 is 20.9 Å². The SMILES string of the molecule is C=C[C@]1(O)[C@H](N2C=CC(=O)CC2=O)O[C@](F)(CO)[C@H]1O.C=C[C@]1(O)[C@H](n2ccc(=O)[nH]c2=O)O[C@](F)(COP(=O)(N[C@@H](C)C(=O)OC(C)C)Oc2ccccc2)[C@H]1O. The second-order valence-electron chi connectivity index (χ2n) is 13.4. The number of carbonyl (C=O) groups is 3. The maximum atomic E-state index is 16.0. The van der Waals surface area contributed by atoms with Gasteiger partial charge in [0.2, 0.25) is 5.91 Å². The molecule has 20 nitrogen and oxygen atoms in total. The molecule has 23 heteroatoms. The summed E-state index contributed by atoms with van der Waals surface area (Å²) in [5, 5.41) is 53.0. The minimum absolute atomic E-state index is 0.0359. The van der Waals surface area contributed by atoms with E-state index in [-0.39, 0.29) is 5.75 Å². The van der Waals surface area contributed by atoms with Crippen LogP contribution in [-0.2, 0) is 37.7 Å². The lowest BCUT2D eigenvalue weighted by Gasteiger charge is -2.34. The number of aliphatic hydroxyl groups is 5. The van der Waals surface area contributed by atoms with Crippen molar-refractivity contribution in [3.8, 4) is 5.75 Å². The predicted octanol–water partition coefficient (Wildman–Crippen LogP) is -0.263. The lowest BCUT2D eigenvalue weighted by molar-refractivity contribution is -0.212. The summed E-state index contributed by atoms with van der Waals surface area (Å²) in [6.45, 7) is 8.67. The number of ether oxygens (including phenoxy) is 3. The normalized spacial score (nSPS) is 32.2. The number of aromatic nitrogens is 2. The zero-order valence-corrected chi connectivity index (χ0v) is 32.1. The number of hydrogen-bond acceptors (Lipinski definition) is 16. The number of alkyl halides is 2. The number of allylic oxidation sites excluding steroid dienone is 1. The van der Waals surface area contributed by atoms with Crippen molar-refractivity contribution in [2.45, 2.75) is 86.9 Å². The second kappa shape index (κ2) is 17.6. The molecule has 0 aliphatic carbocycles. The second-order valence-corrected chi connectivity index (χ2v) is 15.1. The summed E-state index contributed by atoms with van der Waals surface area (Å²) in [5.41, 5.74) is -6.75. The van der Waals surface area contributed by atoms with Crippen LogP contribution in [0.25, 0.3) is 0 Å². The number of nitrogens with one attached hydrogen (secondary N) is 2. The Labute approximate surface area is 328 Å². The van der Waals surface area contributed by atoms with E-state index in [4.69, 9.17) is 28.4 Å². The maximum absolute atomic E-state index is 16.0. The number of hydrogen-bond donors (Lipinski definition) is 7. The molecule has 1 unspecified atom stereocenters. The van der Waals surface area contributed by atoms with Crippen LogP contribution in [0.1, 0.15) is 33.4 Å². The lowest BCUT2D eigenvalue weighted by Crippen LogP contribution is -2.55. The van der Waals surface area contributed by atoms with Crippen LogP contribution in [0, 0.1) is 0 Å². The summed E-state index contributed by atoms with van der Waals surface area (Å²) < 4.78 is 70.2. The molecule has 0 spiro atoms. The first-order chi connectivity index (χ1) is 27.0. The first-order valence-corrected chi connectivity index (χ1v) is 18.8. The smallest absolute Gasteiger partial charge is 0.459 e. The van der Waals surface area contributed by atoms with Gasteiger partial charge in [0.1, 0.15) is 25.0 Å². The molecule has 3 aliphatic rings. The lowest BCUT2D eigenvalue weighted by atomic mass is 9.92. The van der Waals surface area contributed by atoms with E-state index in [2.05, 4.69) is 18.2 Å². The van der Waals surface area contributed by atoms with Crippen LogP contribution in [0.2, 0.25) is 0 Å². The van der Waals surface area contributed by atoms with Gasteiger partial charge in [0.15, 0.2) is 41.6 Å². The molecule has 1 aromatic carbocycles. The third-order valence-corrected chi connectivity index (χ3v) is 10.4. The minimum atomic E-state index is -4.58. The zero-order valence-electron chi connectivity index (χ0n) is 31.2. The Kier molecular flexibility index (Phi) is 14.0. The molecule has 1 aromatic heterocycles. The minimum Gasteiger partial charge on any atom is -0.462 e. The molecule has 0 radical (unpaired) electrons. The van der Waals surface area contributed by atoms with Gasteiger partial charge in [0.25, 0.3) is 17.3 Å². The molecular weight excluding hydrogens is 801 g/mol. The number of aromatic amines is 1. The number of ketones is 1. The molecule has 1 amide bonds. The predicted molar refractivity (Wildman–Crippen MR) is 193 cm³/mol. The van der Waals surface area contributed by atoms with Gasteiger partial charge in [-0.15, -0.1) is 0 Å². The van der Waals surface area contributed by atoms with Gasteiger partial charge in [-0.3, -0.25) is 38.2 Å². The third-order valence-electron chi connectivity index (χ3n) is 8.82. The third kappa shape index (κ3) is 9.42. The summed E-state index contributed by atoms with van der Waals surface area (Å²) in [6, 6.07) is 7.31. The molecule has 2 saturated heterocycles. The van der Waals surface area contributed by atoms with Gasteiger partial charge in [-0.25, -0.2) is 18.1 Å². The highest BCUT2D eigenvalue weighted by Crippen LogP contribution is 2.51. The molecule has 10 atom stereocenters. The molecule has 3 aliphatic heterocycles. The van der Waals surface area contributed by atoms with E-state index < -0.39 is 116 Å². The maximum Gasteiger partial charge on any atom is 0.459 e. The van der Waals surface area contributed by atoms with Gasteiger partial charge < -0.3 is 44.3 Å². The van der Waals surface area contributed by atoms with Crippen molar-refractivity contribution in [1.82, 2.24) is 19.5 Å². The van der Waals surface area contributed by atoms with Crippen LogP contribution in [0.5, 0.6) is 5.75 Å². The number of nitrogens with zero attached hydrogens (tertiary/aromatic N) is 2. The Morgan fingerprint density at radius 2 is 1.60 bits per heavy atom. The van der Waals surface area contributed by atoms with Crippen LogP contribution in [0.15, 0.2) is 89.8 Å². The average molecular weight is 845 g/mol. The standard InChI is InChI=1S/C23H29FN3O10P.C12H14FNO6/c1-5-22(32)19(30)23(24,36-20(22)27-12-11-17(28)25-21(27)31)13-34-38(33,37-16-9-7-6-8-10-16)26-15(4)18(29)35-14(2)3;1-2-11(19)9(18)12(13,6-15)20-10(11)14-4-3-7(16)5-8(14)17/h5-12,14-15,19-20,30,32H,1,13H2,2-4H3,(H,26,33)(H,25,28,31);2-4,9-10,15,18-19H,1,5-6H2/t15-,19-,20+,22+,23+,38?;9-,10+,11+,12+/m00/s1. The van der Waals surface area contributed by atoms with Crippen molar-refractivity contribution in [3.63, 3.8) is 0 Å². The number of esters is 1. The molecule has 7 N–H and O–H groups in total. The van der Waals surface area contributed by atoms with E-state index in [1.807, 2.05) is 4.98 Å². The average Bonchev–Trinajstić information content (AvgIpc) is 3.50. The number of para-hydroxylation sites is 1. The molecule has 0 saturated carbocycles. The fourth-order valence-electron chi connectivity index (χ4n) is 5.74. The van der Waals surface area contributed by atoms with Crippen LogP contribution in [0.3, 0.4) is 0 Å². The van der Waals surface area contributed by atoms with Crippen molar-refractivity contribution in [3.05, 3.63) is 101 Å². The van der Waals surface area contributed by atoms with E-state index in [1.165, 1.54) is 19.1 Å². The highest BCUT2D eigenvalue weighted by molar-refractivity contribution is 7.52. The van der Waals surface area contributed by atoms with Crippen molar-refractivity contribution in [2.24, 2.45) is 0 Å². The Hall–Kier alpha value is -4.74. The Morgan fingerprint density at radius 3 is 2.16 bits per heavy atom. The number of H-pyrrole nitrogens is 1. The van der Waals surface area contributed by atoms with Crippen LogP contribution in [0.4, 0.5) is 8.78 Å². The van der Waals surface area contributed by atoms with E-state index >= 15 is 4.39 Å².